The summed E-state index contributed by atoms with van der Waals surface area (Å²) in [6, 6.07) is -0.0706. The molecule has 68 valence electrons. The maximum absolute atomic E-state index is 10.6. The van der Waals surface area contributed by atoms with Gasteiger partial charge >= 0.3 is 6.03 Å². The number of piperidine rings is 3. The minimum Gasteiger partial charge on any atom is -0.352 e. The largest absolute Gasteiger partial charge is 0.352 e. The number of urea groups is 1. The lowest BCUT2D eigenvalue weighted by Crippen LogP contribution is -2.58. The Labute approximate surface area is 72.1 Å². The van der Waals surface area contributed by atoms with Gasteiger partial charge in [-0.15, -0.1) is 0 Å². The van der Waals surface area contributed by atoms with Crippen LogP contribution in [0.3, 0.4) is 0 Å². The van der Waals surface area contributed by atoms with Crippen molar-refractivity contribution in [2.75, 3.05) is 19.6 Å². The summed E-state index contributed by atoms with van der Waals surface area (Å²) in [4.78, 5) is 13.0. The van der Waals surface area contributed by atoms with E-state index in [1.165, 1.54) is 25.9 Å². The quantitative estimate of drug-likeness (QED) is 0.568. The normalized spacial score (nSPS) is 39.5. The molecule has 3 heterocycles. The van der Waals surface area contributed by atoms with Gasteiger partial charge in [-0.05, 0) is 31.8 Å². The van der Waals surface area contributed by atoms with Crippen LogP contribution in [-0.2, 0) is 0 Å². The molecule has 2 amide bonds. The number of primary amides is 1. The van der Waals surface area contributed by atoms with Gasteiger partial charge in [0.05, 0.1) is 0 Å². The Morgan fingerprint density at radius 3 is 2.50 bits per heavy atom. The Balaban J connectivity index is 1.95. The van der Waals surface area contributed by atoms with Crippen molar-refractivity contribution in [2.24, 2.45) is 11.7 Å². The van der Waals surface area contributed by atoms with Crippen molar-refractivity contribution in [1.29, 1.82) is 0 Å². The number of carbonyl (C=O) groups is 1. The van der Waals surface area contributed by atoms with Gasteiger partial charge in [-0.1, -0.05) is 0 Å². The van der Waals surface area contributed by atoms with Gasteiger partial charge in [-0.25, -0.2) is 4.79 Å². The van der Waals surface area contributed by atoms with Crippen molar-refractivity contribution >= 4 is 6.03 Å². The first-order chi connectivity index (χ1) is 5.75. The molecule has 0 aromatic carbocycles. The Morgan fingerprint density at radius 2 is 2.08 bits per heavy atom. The van der Waals surface area contributed by atoms with Crippen molar-refractivity contribution in [3.05, 3.63) is 0 Å². The molecule has 0 saturated carbocycles. The number of amides is 2. The lowest BCUT2D eigenvalue weighted by molar-refractivity contribution is 0.0773. The van der Waals surface area contributed by atoms with Crippen LogP contribution in [-0.4, -0.2) is 36.6 Å². The highest BCUT2D eigenvalue weighted by Gasteiger charge is 2.34. The molecule has 0 spiro atoms. The van der Waals surface area contributed by atoms with E-state index in [4.69, 9.17) is 5.73 Å². The van der Waals surface area contributed by atoms with Crippen LogP contribution in [0.1, 0.15) is 12.8 Å². The molecular formula is C8H15N3O. The van der Waals surface area contributed by atoms with Crippen LogP contribution in [0.4, 0.5) is 4.79 Å². The summed E-state index contributed by atoms with van der Waals surface area (Å²) in [6.07, 6.45) is 2.43. The SMILES string of the molecule is NC(=O)N[C@H]1CN2CCC1CC2. The fraction of sp³-hybridized carbons (Fsp3) is 0.875. The van der Waals surface area contributed by atoms with E-state index in [0.29, 0.717) is 12.0 Å². The van der Waals surface area contributed by atoms with Crippen molar-refractivity contribution in [3.8, 4) is 0 Å². The molecule has 0 aromatic heterocycles. The van der Waals surface area contributed by atoms with Crippen molar-refractivity contribution in [3.63, 3.8) is 0 Å². The van der Waals surface area contributed by atoms with Crippen LogP contribution < -0.4 is 11.1 Å². The Morgan fingerprint density at radius 1 is 1.42 bits per heavy atom. The summed E-state index contributed by atoms with van der Waals surface area (Å²) in [7, 11) is 0. The fourth-order valence-electron chi connectivity index (χ4n) is 2.31. The number of rotatable bonds is 1. The molecule has 4 nitrogen and oxygen atoms in total. The second-order valence-electron chi connectivity index (χ2n) is 3.75. The summed E-state index contributed by atoms with van der Waals surface area (Å²) < 4.78 is 0. The summed E-state index contributed by atoms with van der Waals surface area (Å²) >= 11 is 0. The van der Waals surface area contributed by atoms with Crippen molar-refractivity contribution in [2.45, 2.75) is 18.9 Å². The number of hydrogen-bond donors (Lipinski definition) is 2. The first-order valence-electron chi connectivity index (χ1n) is 4.54. The second kappa shape index (κ2) is 2.94. The average Bonchev–Trinajstić information content (AvgIpc) is 2.05. The zero-order valence-corrected chi connectivity index (χ0v) is 7.12. The molecule has 0 unspecified atom stereocenters. The highest BCUT2D eigenvalue weighted by atomic mass is 16.2. The van der Waals surface area contributed by atoms with Gasteiger partial charge in [0.15, 0.2) is 0 Å². The Bertz CT molecular complexity index is 187. The van der Waals surface area contributed by atoms with Gasteiger partial charge in [0.25, 0.3) is 0 Å². The van der Waals surface area contributed by atoms with Crippen LogP contribution in [0.2, 0.25) is 0 Å². The molecule has 0 radical (unpaired) electrons. The zero-order chi connectivity index (χ0) is 8.55. The topological polar surface area (TPSA) is 58.4 Å². The number of carbonyl (C=O) groups excluding carboxylic acids is 1. The highest BCUT2D eigenvalue weighted by molar-refractivity contribution is 5.72. The van der Waals surface area contributed by atoms with Gasteiger partial charge in [0.1, 0.15) is 0 Å². The third kappa shape index (κ3) is 1.39. The fourth-order valence-corrected chi connectivity index (χ4v) is 2.31. The van der Waals surface area contributed by atoms with E-state index in [2.05, 4.69) is 10.2 Å². The number of hydrogen-bond acceptors (Lipinski definition) is 2. The molecule has 0 aliphatic carbocycles. The summed E-state index contributed by atoms with van der Waals surface area (Å²) in [5, 5.41) is 2.81. The van der Waals surface area contributed by atoms with E-state index in [1.807, 2.05) is 0 Å². The molecule has 3 rings (SSSR count). The molecule has 1 atom stereocenters. The van der Waals surface area contributed by atoms with E-state index in [0.717, 1.165) is 6.54 Å². The van der Waals surface area contributed by atoms with Crippen LogP contribution in [0.15, 0.2) is 0 Å². The lowest BCUT2D eigenvalue weighted by Gasteiger charge is -2.44. The second-order valence-corrected chi connectivity index (χ2v) is 3.75. The standard InChI is InChI=1S/C8H15N3O/c9-8(12)10-7-5-11-3-1-6(7)2-4-11/h6-7H,1-5H2,(H3,9,10,12)/t7-/m0/s1. The average molecular weight is 169 g/mol. The molecule has 4 heteroatoms. The van der Waals surface area contributed by atoms with E-state index >= 15 is 0 Å². The predicted molar refractivity (Wildman–Crippen MR) is 45.7 cm³/mol. The summed E-state index contributed by atoms with van der Waals surface area (Å²) in [6.45, 7) is 3.39. The zero-order valence-electron chi connectivity index (χ0n) is 7.12. The monoisotopic (exact) mass is 169 g/mol. The number of nitrogens with one attached hydrogen (secondary N) is 1. The van der Waals surface area contributed by atoms with Gasteiger partial charge < -0.3 is 16.0 Å². The van der Waals surface area contributed by atoms with Gasteiger partial charge in [-0.3, -0.25) is 0 Å². The third-order valence-corrected chi connectivity index (χ3v) is 2.98. The number of fused-ring (bicyclic) bond motifs is 3. The molecule has 0 aromatic rings. The summed E-state index contributed by atoms with van der Waals surface area (Å²) in [5.41, 5.74) is 5.09. The smallest absolute Gasteiger partial charge is 0.312 e. The van der Waals surface area contributed by atoms with Crippen molar-refractivity contribution < 1.29 is 4.79 Å². The molecule has 12 heavy (non-hydrogen) atoms. The maximum atomic E-state index is 10.6. The minimum atomic E-state index is -0.381. The third-order valence-electron chi connectivity index (χ3n) is 2.98. The molecule has 3 saturated heterocycles. The molecule has 3 N–H and O–H groups in total. The molecule has 2 bridgehead atoms. The van der Waals surface area contributed by atoms with Gasteiger partial charge in [0, 0.05) is 12.6 Å². The molecule has 3 fully saturated rings. The Hall–Kier alpha value is -0.770. The first-order valence-corrected chi connectivity index (χ1v) is 4.54. The van der Waals surface area contributed by atoms with E-state index in [9.17, 15) is 4.79 Å². The van der Waals surface area contributed by atoms with Crippen LogP contribution in [0.25, 0.3) is 0 Å². The van der Waals surface area contributed by atoms with E-state index in [1.54, 1.807) is 0 Å². The minimum absolute atomic E-state index is 0.310. The highest BCUT2D eigenvalue weighted by Crippen LogP contribution is 2.27. The molecule has 3 aliphatic rings. The van der Waals surface area contributed by atoms with E-state index < -0.39 is 0 Å². The van der Waals surface area contributed by atoms with E-state index in [-0.39, 0.29) is 6.03 Å². The summed E-state index contributed by atoms with van der Waals surface area (Å²) in [5.74, 6) is 0.669. The van der Waals surface area contributed by atoms with Crippen molar-refractivity contribution in [1.82, 2.24) is 10.2 Å². The Kier molecular flexibility index (Phi) is 1.92. The predicted octanol–water partition coefficient (Wildman–Crippen LogP) is -0.251. The van der Waals surface area contributed by atoms with Gasteiger partial charge in [0.2, 0.25) is 0 Å². The van der Waals surface area contributed by atoms with Crippen LogP contribution >= 0.6 is 0 Å². The number of nitrogens with zero attached hydrogens (tertiary/aromatic N) is 1. The van der Waals surface area contributed by atoms with Gasteiger partial charge in [-0.2, -0.15) is 0 Å². The first kappa shape index (κ1) is 7.86. The lowest BCUT2D eigenvalue weighted by atomic mass is 9.84. The number of nitrogens with two attached hydrogens (primary N) is 1. The van der Waals surface area contributed by atoms with Crippen LogP contribution in [0.5, 0.6) is 0 Å². The molecule has 3 aliphatic heterocycles. The van der Waals surface area contributed by atoms with Crippen LogP contribution in [0, 0.1) is 5.92 Å². The molecular weight excluding hydrogens is 154 g/mol. The maximum Gasteiger partial charge on any atom is 0.312 e.